The molecule has 3 heteroatoms. The highest BCUT2D eigenvalue weighted by atomic mass is 16.1. The monoisotopic (exact) mass is 280 g/mol. The molecular weight excluding hydrogens is 260 g/mol. The van der Waals surface area contributed by atoms with Gasteiger partial charge in [-0.1, -0.05) is 24.3 Å². The SMILES string of the molecule is CC(=O)Nc1ccc(NC2CCc3ccccc3C2)cc1. The molecule has 1 amide bonds. The van der Waals surface area contributed by atoms with Crippen LogP contribution in [0.15, 0.2) is 48.5 Å². The second-order valence-electron chi connectivity index (χ2n) is 5.61. The first kappa shape index (κ1) is 13.7. The van der Waals surface area contributed by atoms with Crippen LogP contribution in [0.3, 0.4) is 0 Å². The molecule has 0 aromatic heterocycles. The number of hydrogen-bond donors (Lipinski definition) is 2. The van der Waals surface area contributed by atoms with Crippen molar-refractivity contribution in [1.82, 2.24) is 0 Å². The molecule has 0 fully saturated rings. The lowest BCUT2D eigenvalue weighted by Gasteiger charge is -2.26. The molecule has 108 valence electrons. The highest BCUT2D eigenvalue weighted by Gasteiger charge is 2.17. The van der Waals surface area contributed by atoms with E-state index >= 15 is 0 Å². The topological polar surface area (TPSA) is 41.1 Å². The van der Waals surface area contributed by atoms with Crippen molar-refractivity contribution in [2.24, 2.45) is 0 Å². The van der Waals surface area contributed by atoms with Crippen LogP contribution in [0.5, 0.6) is 0 Å². The van der Waals surface area contributed by atoms with Gasteiger partial charge in [-0.2, -0.15) is 0 Å². The number of anilines is 2. The van der Waals surface area contributed by atoms with Gasteiger partial charge in [-0.25, -0.2) is 0 Å². The maximum atomic E-state index is 11.0. The Hall–Kier alpha value is -2.29. The molecule has 0 saturated carbocycles. The summed E-state index contributed by atoms with van der Waals surface area (Å²) in [5.74, 6) is -0.0420. The summed E-state index contributed by atoms with van der Waals surface area (Å²) in [4.78, 5) is 11.0. The Balaban J connectivity index is 1.64. The van der Waals surface area contributed by atoms with Crippen LogP contribution in [-0.2, 0) is 17.6 Å². The Morgan fingerprint density at radius 3 is 2.38 bits per heavy atom. The number of carbonyl (C=O) groups is 1. The van der Waals surface area contributed by atoms with Gasteiger partial charge in [0, 0.05) is 24.3 Å². The first-order valence-electron chi connectivity index (χ1n) is 7.42. The zero-order valence-electron chi connectivity index (χ0n) is 12.2. The number of fused-ring (bicyclic) bond motifs is 1. The molecule has 0 heterocycles. The third-order valence-electron chi connectivity index (χ3n) is 3.92. The van der Waals surface area contributed by atoms with Gasteiger partial charge in [0.05, 0.1) is 0 Å². The molecule has 2 N–H and O–H groups in total. The molecule has 3 rings (SSSR count). The van der Waals surface area contributed by atoms with E-state index in [1.165, 1.54) is 18.1 Å². The van der Waals surface area contributed by atoms with Crippen molar-refractivity contribution >= 4 is 17.3 Å². The molecule has 1 unspecified atom stereocenters. The van der Waals surface area contributed by atoms with Gasteiger partial charge in [-0.05, 0) is 54.7 Å². The van der Waals surface area contributed by atoms with E-state index in [1.807, 2.05) is 24.3 Å². The fourth-order valence-corrected chi connectivity index (χ4v) is 2.91. The number of aryl methyl sites for hydroxylation is 1. The highest BCUT2D eigenvalue weighted by molar-refractivity contribution is 5.88. The third kappa shape index (κ3) is 3.43. The molecule has 1 aliphatic carbocycles. The van der Waals surface area contributed by atoms with E-state index < -0.39 is 0 Å². The summed E-state index contributed by atoms with van der Waals surface area (Å²) < 4.78 is 0. The van der Waals surface area contributed by atoms with Crippen LogP contribution in [-0.4, -0.2) is 11.9 Å². The summed E-state index contributed by atoms with van der Waals surface area (Å²) in [7, 11) is 0. The Kier molecular flexibility index (Phi) is 3.91. The predicted molar refractivity (Wildman–Crippen MR) is 86.6 cm³/mol. The van der Waals surface area contributed by atoms with Crippen molar-refractivity contribution in [2.75, 3.05) is 10.6 Å². The Labute approximate surface area is 125 Å². The molecule has 1 aliphatic rings. The zero-order chi connectivity index (χ0) is 14.7. The summed E-state index contributed by atoms with van der Waals surface area (Å²) in [5, 5.41) is 6.37. The summed E-state index contributed by atoms with van der Waals surface area (Å²) in [5.41, 5.74) is 4.88. The summed E-state index contributed by atoms with van der Waals surface area (Å²) in [6.45, 7) is 1.52. The molecule has 2 aromatic rings. The Bertz CT molecular complexity index is 634. The number of carbonyl (C=O) groups excluding carboxylic acids is 1. The summed E-state index contributed by atoms with van der Waals surface area (Å²) in [6.07, 6.45) is 3.37. The predicted octanol–water partition coefficient (Wildman–Crippen LogP) is 3.61. The van der Waals surface area contributed by atoms with Crippen molar-refractivity contribution < 1.29 is 4.79 Å². The lowest BCUT2D eigenvalue weighted by atomic mass is 9.88. The molecule has 0 saturated heterocycles. The number of nitrogens with one attached hydrogen (secondary N) is 2. The number of benzene rings is 2. The van der Waals surface area contributed by atoms with Crippen molar-refractivity contribution in [2.45, 2.75) is 32.2 Å². The third-order valence-corrected chi connectivity index (χ3v) is 3.92. The van der Waals surface area contributed by atoms with E-state index in [1.54, 1.807) is 0 Å². The lowest BCUT2D eigenvalue weighted by molar-refractivity contribution is -0.114. The van der Waals surface area contributed by atoms with E-state index in [2.05, 4.69) is 34.9 Å². The molecule has 0 radical (unpaired) electrons. The summed E-state index contributed by atoms with van der Waals surface area (Å²) >= 11 is 0. The van der Waals surface area contributed by atoms with Crippen LogP contribution < -0.4 is 10.6 Å². The fourth-order valence-electron chi connectivity index (χ4n) is 2.91. The van der Waals surface area contributed by atoms with E-state index in [9.17, 15) is 4.79 Å². The van der Waals surface area contributed by atoms with Gasteiger partial charge in [-0.3, -0.25) is 4.79 Å². The van der Waals surface area contributed by atoms with Crippen molar-refractivity contribution in [3.05, 3.63) is 59.7 Å². The van der Waals surface area contributed by atoms with Gasteiger partial charge in [0.1, 0.15) is 0 Å². The van der Waals surface area contributed by atoms with E-state index in [-0.39, 0.29) is 5.91 Å². The second kappa shape index (κ2) is 6.00. The van der Waals surface area contributed by atoms with Gasteiger partial charge in [0.15, 0.2) is 0 Å². The van der Waals surface area contributed by atoms with Gasteiger partial charge in [-0.15, -0.1) is 0 Å². The number of hydrogen-bond acceptors (Lipinski definition) is 2. The summed E-state index contributed by atoms with van der Waals surface area (Å²) in [6, 6.07) is 17.1. The molecule has 21 heavy (non-hydrogen) atoms. The number of amides is 1. The van der Waals surface area contributed by atoms with Crippen LogP contribution in [0.25, 0.3) is 0 Å². The van der Waals surface area contributed by atoms with E-state index in [0.29, 0.717) is 6.04 Å². The van der Waals surface area contributed by atoms with Gasteiger partial charge in [0.25, 0.3) is 0 Å². The van der Waals surface area contributed by atoms with Crippen molar-refractivity contribution in [3.8, 4) is 0 Å². The van der Waals surface area contributed by atoms with Crippen LogP contribution >= 0.6 is 0 Å². The minimum Gasteiger partial charge on any atom is -0.382 e. The van der Waals surface area contributed by atoms with Gasteiger partial charge >= 0.3 is 0 Å². The van der Waals surface area contributed by atoms with E-state index in [0.717, 1.165) is 30.6 Å². The van der Waals surface area contributed by atoms with E-state index in [4.69, 9.17) is 0 Å². The smallest absolute Gasteiger partial charge is 0.221 e. The van der Waals surface area contributed by atoms with Crippen LogP contribution in [0.2, 0.25) is 0 Å². The van der Waals surface area contributed by atoms with Crippen LogP contribution in [0, 0.1) is 0 Å². The average molecular weight is 280 g/mol. The highest BCUT2D eigenvalue weighted by Crippen LogP contribution is 2.24. The van der Waals surface area contributed by atoms with Crippen LogP contribution in [0.4, 0.5) is 11.4 Å². The Morgan fingerprint density at radius 1 is 1.00 bits per heavy atom. The standard InChI is InChI=1S/C18H20N2O/c1-13(21)19-16-8-10-17(11-9-16)20-18-7-6-14-4-2-3-5-15(14)12-18/h2-5,8-11,18,20H,6-7,12H2,1H3,(H,19,21). The largest absolute Gasteiger partial charge is 0.382 e. The van der Waals surface area contributed by atoms with Gasteiger partial charge < -0.3 is 10.6 Å². The number of rotatable bonds is 3. The minimum atomic E-state index is -0.0420. The average Bonchev–Trinajstić information content (AvgIpc) is 2.49. The maximum Gasteiger partial charge on any atom is 0.221 e. The minimum absolute atomic E-state index is 0.0420. The second-order valence-corrected chi connectivity index (χ2v) is 5.61. The molecule has 0 aliphatic heterocycles. The fraction of sp³-hybridized carbons (Fsp3) is 0.278. The molecule has 2 aromatic carbocycles. The van der Waals surface area contributed by atoms with Crippen LogP contribution in [0.1, 0.15) is 24.5 Å². The molecule has 0 spiro atoms. The Morgan fingerprint density at radius 2 is 1.67 bits per heavy atom. The molecular formula is C18H20N2O. The van der Waals surface area contributed by atoms with Gasteiger partial charge in [0.2, 0.25) is 5.91 Å². The maximum absolute atomic E-state index is 11.0. The first-order valence-corrected chi connectivity index (χ1v) is 7.42. The quantitative estimate of drug-likeness (QED) is 0.901. The van der Waals surface area contributed by atoms with Crippen molar-refractivity contribution in [1.29, 1.82) is 0 Å². The zero-order valence-corrected chi connectivity index (χ0v) is 12.2. The molecule has 0 bridgehead atoms. The molecule has 1 atom stereocenters. The van der Waals surface area contributed by atoms with Crippen molar-refractivity contribution in [3.63, 3.8) is 0 Å². The molecule has 3 nitrogen and oxygen atoms in total. The first-order chi connectivity index (χ1) is 10.2. The lowest BCUT2D eigenvalue weighted by Crippen LogP contribution is -2.27. The normalized spacial score (nSPS) is 16.9.